The summed E-state index contributed by atoms with van der Waals surface area (Å²) in [5, 5.41) is 1.00. The fraction of sp³-hybridized carbons (Fsp3) is 0.241. The van der Waals surface area contributed by atoms with Gasteiger partial charge in [-0.2, -0.15) is 0 Å². The summed E-state index contributed by atoms with van der Waals surface area (Å²) in [6, 6.07) is 13.7. The van der Waals surface area contributed by atoms with E-state index >= 15 is 0 Å². The Labute approximate surface area is 236 Å². The summed E-state index contributed by atoms with van der Waals surface area (Å²) in [5.41, 5.74) is 3.54. The smallest absolute Gasteiger partial charge is 0.279 e. The van der Waals surface area contributed by atoms with Gasteiger partial charge in [-0.25, -0.2) is 4.98 Å². The lowest BCUT2D eigenvalue weighted by Gasteiger charge is -2.28. The first-order valence-corrected chi connectivity index (χ1v) is 13.1. The maximum absolute atomic E-state index is 14.1. The molecule has 1 aliphatic rings. The van der Waals surface area contributed by atoms with Crippen LogP contribution in [0.5, 0.6) is 5.75 Å². The van der Waals surface area contributed by atoms with Crippen molar-refractivity contribution in [2.75, 3.05) is 26.1 Å². The lowest BCUT2D eigenvalue weighted by Crippen LogP contribution is -2.30. The number of anilines is 1. The number of imidazole rings is 1. The minimum absolute atomic E-state index is 0.0887. The van der Waals surface area contributed by atoms with Crippen LogP contribution in [0.15, 0.2) is 60.9 Å². The number of fused-ring (bicyclic) bond motifs is 1. The molecule has 1 unspecified atom stereocenters. The molecule has 200 valence electrons. The average molecular weight is 564 g/mol. The predicted octanol–water partition coefficient (Wildman–Crippen LogP) is 6.29. The highest BCUT2D eigenvalue weighted by Gasteiger charge is 2.45. The number of methoxy groups -OCH3 is 1. The first kappa shape index (κ1) is 26.7. The zero-order valence-corrected chi connectivity index (χ0v) is 23.7. The van der Waals surface area contributed by atoms with Crippen LogP contribution in [0, 0.1) is 0 Å². The highest BCUT2D eigenvalue weighted by molar-refractivity contribution is 6.31. The van der Waals surface area contributed by atoms with Crippen molar-refractivity contribution >= 4 is 40.7 Å². The number of hydrogen-bond donors (Lipinski definition) is 0. The Hall–Kier alpha value is -3.88. The van der Waals surface area contributed by atoms with E-state index < -0.39 is 6.04 Å². The Bertz CT molecular complexity index is 1580. The van der Waals surface area contributed by atoms with Crippen molar-refractivity contribution in [3.63, 3.8) is 0 Å². The SMILES string of the molecule is COc1ccc(C(=O)N(C)C)cc1-c1nc2c(n1C(C)C)C(c1ccc(Cl)cc1)N(c1cncc(Cl)c1)C2=O. The fourth-order valence-electron chi connectivity index (χ4n) is 4.95. The molecule has 0 N–H and O–H groups in total. The summed E-state index contributed by atoms with van der Waals surface area (Å²) in [7, 11) is 4.97. The molecule has 0 saturated heterocycles. The van der Waals surface area contributed by atoms with E-state index in [9.17, 15) is 9.59 Å². The molecule has 0 radical (unpaired) electrons. The highest BCUT2D eigenvalue weighted by Crippen LogP contribution is 2.46. The maximum atomic E-state index is 14.1. The molecule has 1 atom stereocenters. The quantitative estimate of drug-likeness (QED) is 0.275. The zero-order valence-electron chi connectivity index (χ0n) is 22.1. The van der Waals surface area contributed by atoms with Crippen molar-refractivity contribution in [1.29, 1.82) is 0 Å². The highest BCUT2D eigenvalue weighted by atomic mass is 35.5. The van der Waals surface area contributed by atoms with E-state index in [-0.39, 0.29) is 17.9 Å². The third kappa shape index (κ3) is 4.64. The third-order valence-corrected chi connectivity index (χ3v) is 7.11. The van der Waals surface area contributed by atoms with Gasteiger partial charge in [0.05, 0.1) is 35.3 Å². The molecule has 10 heteroatoms. The minimum Gasteiger partial charge on any atom is -0.496 e. The van der Waals surface area contributed by atoms with Gasteiger partial charge in [0.25, 0.3) is 11.8 Å². The number of carbonyl (C=O) groups excluding carboxylic acids is 2. The second-order valence-corrected chi connectivity index (χ2v) is 10.6. The molecule has 2 amide bonds. The molecular weight excluding hydrogens is 537 g/mol. The van der Waals surface area contributed by atoms with Crippen molar-refractivity contribution in [2.24, 2.45) is 0 Å². The number of pyridine rings is 1. The topological polar surface area (TPSA) is 80.6 Å². The standard InChI is InChI=1S/C29H27Cl2N5O3/c1-16(2)35-26-24(33-27(35)22-12-18(28(37)34(3)4)8-11-23(22)39-5)29(38)36(21-13-20(31)14-32-15-21)25(26)17-6-9-19(30)10-7-17/h6-16,25H,1-5H3. The number of carbonyl (C=O) groups is 2. The fourth-order valence-corrected chi connectivity index (χ4v) is 5.25. The first-order chi connectivity index (χ1) is 18.6. The van der Waals surface area contributed by atoms with Crippen LogP contribution in [0.3, 0.4) is 0 Å². The lowest BCUT2D eigenvalue weighted by atomic mass is 10.0. The van der Waals surface area contributed by atoms with Crippen LogP contribution in [0.2, 0.25) is 10.0 Å². The normalized spacial score (nSPS) is 14.6. The molecule has 5 rings (SSSR count). The predicted molar refractivity (Wildman–Crippen MR) is 152 cm³/mol. The summed E-state index contributed by atoms with van der Waals surface area (Å²) in [6.45, 7) is 4.06. The Morgan fingerprint density at radius 1 is 1.03 bits per heavy atom. The summed E-state index contributed by atoms with van der Waals surface area (Å²) in [6.07, 6.45) is 3.13. The number of aromatic nitrogens is 3. The summed E-state index contributed by atoms with van der Waals surface area (Å²) < 4.78 is 7.71. The largest absolute Gasteiger partial charge is 0.496 e. The zero-order chi connectivity index (χ0) is 28.0. The first-order valence-electron chi connectivity index (χ1n) is 12.3. The Kier molecular flexibility index (Phi) is 7.09. The number of rotatable bonds is 6. The van der Waals surface area contributed by atoms with Crippen molar-refractivity contribution in [3.05, 3.63) is 93.5 Å². The van der Waals surface area contributed by atoms with Crippen LogP contribution in [-0.4, -0.2) is 52.5 Å². The number of halogens is 2. The molecule has 0 aliphatic carbocycles. The van der Waals surface area contributed by atoms with Gasteiger partial charge in [0.2, 0.25) is 0 Å². The van der Waals surface area contributed by atoms with Crippen molar-refractivity contribution in [3.8, 4) is 17.1 Å². The van der Waals surface area contributed by atoms with Gasteiger partial charge in [-0.05, 0) is 55.8 Å². The van der Waals surface area contributed by atoms with Crippen molar-refractivity contribution in [1.82, 2.24) is 19.4 Å². The van der Waals surface area contributed by atoms with Crippen molar-refractivity contribution in [2.45, 2.75) is 25.9 Å². The van der Waals surface area contributed by atoms with Gasteiger partial charge < -0.3 is 14.2 Å². The average Bonchev–Trinajstić information content (AvgIpc) is 3.43. The molecule has 0 spiro atoms. The van der Waals surface area contributed by atoms with Gasteiger partial charge in [0.1, 0.15) is 17.6 Å². The van der Waals surface area contributed by atoms with Crippen LogP contribution in [-0.2, 0) is 0 Å². The summed E-state index contributed by atoms with van der Waals surface area (Å²) in [4.78, 5) is 39.1. The molecule has 4 aromatic rings. The molecule has 3 heterocycles. The molecule has 39 heavy (non-hydrogen) atoms. The van der Waals surface area contributed by atoms with Gasteiger partial charge in [-0.3, -0.25) is 19.5 Å². The molecule has 2 aromatic heterocycles. The summed E-state index contributed by atoms with van der Waals surface area (Å²) in [5.74, 6) is 0.650. The number of hydrogen-bond acceptors (Lipinski definition) is 5. The monoisotopic (exact) mass is 563 g/mol. The lowest BCUT2D eigenvalue weighted by molar-refractivity contribution is 0.0827. The Balaban J connectivity index is 1.78. The number of benzene rings is 2. The van der Waals surface area contributed by atoms with E-state index in [0.717, 1.165) is 11.3 Å². The second kappa shape index (κ2) is 10.4. The molecule has 1 aliphatic heterocycles. The van der Waals surface area contributed by atoms with Gasteiger partial charge in [-0.15, -0.1) is 0 Å². The number of amides is 2. The van der Waals surface area contributed by atoms with E-state index in [1.54, 1.807) is 68.7 Å². The van der Waals surface area contributed by atoms with Gasteiger partial charge in [0, 0.05) is 36.9 Å². The van der Waals surface area contributed by atoms with Crippen LogP contribution in [0.25, 0.3) is 11.4 Å². The van der Waals surface area contributed by atoms with Crippen LogP contribution < -0.4 is 9.64 Å². The number of ether oxygens (including phenoxy) is 1. The van der Waals surface area contributed by atoms with Gasteiger partial charge in [0.15, 0.2) is 5.69 Å². The molecule has 2 aromatic carbocycles. The van der Waals surface area contributed by atoms with Crippen LogP contribution in [0.4, 0.5) is 5.69 Å². The van der Waals surface area contributed by atoms with Crippen LogP contribution in [0.1, 0.15) is 58.0 Å². The maximum Gasteiger partial charge on any atom is 0.279 e. The second-order valence-electron chi connectivity index (χ2n) is 9.74. The molecule has 0 bridgehead atoms. The van der Waals surface area contributed by atoms with E-state index in [2.05, 4.69) is 4.98 Å². The summed E-state index contributed by atoms with van der Waals surface area (Å²) >= 11 is 12.5. The Morgan fingerprint density at radius 2 is 1.74 bits per heavy atom. The number of nitrogens with zero attached hydrogens (tertiary/aromatic N) is 5. The van der Waals surface area contributed by atoms with E-state index in [0.29, 0.717) is 44.1 Å². The van der Waals surface area contributed by atoms with E-state index in [1.807, 2.05) is 30.5 Å². The molecule has 0 saturated carbocycles. The van der Waals surface area contributed by atoms with Crippen molar-refractivity contribution < 1.29 is 14.3 Å². The molecule has 0 fully saturated rings. The third-order valence-electron chi connectivity index (χ3n) is 6.65. The molecular formula is C29H27Cl2N5O3. The Morgan fingerprint density at radius 3 is 2.36 bits per heavy atom. The van der Waals surface area contributed by atoms with Crippen LogP contribution >= 0.6 is 23.2 Å². The van der Waals surface area contributed by atoms with E-state index in [1.165, 1.54) is 11.1 Å². The minimum atomic E-state index is -0.522. The van der Waals surface area contributed by atoms with E-state index in [4.69, 9.17) is 32.9 Å². The molecule has 8 nitrogen and oxygen atoms in total. The van der Waals surface area contributed by atoms with Gasteiger partial charge >= 0.3 is 0 Å². The van der Waals surface area contributed by atoms with Gasteiger partial charge in [-0.1, -0.05) is 35.3 Å².